The maximum absolute atomic E-state index is 11.9. The van der Waals surface area contributed by atoms with Crippen LogP contribution in [0.1, 0.15) is 12.8 Å². The largest absolute Gasteiger partial charge is 0.482 e. The van der Waals surface area contributed by atoms with Crippen LogP contribution in [0.25, 0.3) is 0 Å². The van der Waals surface area contributed by atoms with Gasteiger partial charge in [0, 0.05) is 25.0 Å². The van der Waals surface area contributed by atoms with E-state index in [1.54, 1.807) is 30.1 Å². The quantitative estimate of drug-likeness (QED) is 0.912. The summed E-state index contributed by atoms with van der Waals surface area (Å²) in [4.78, 5) is 24.7. The first-order valence-corrected chi connectivity index (χ1v) is 6.43. The number of ether oxygens (including phenoxy) is 1. The molecule has 1 heterocycles. The molecular formula is C13H15ClN2O3. The number of nitrogens with one attached hydrogen (secondary N) is 1. The zero-order valence-electron chi connectivity index (χ0n) is 10.6. The third kappa shape index (κ3) is 3.17. The van der Waals surface area contributed by atoms with Crippen molar-refractivity contribution in [3.8, 4) is 5.75 Å². The van der Waals surface area contributed by atoms with E-state index < -0.39 is 0 Å². The van der Waals surface area contributed by atoms with Gasteiger partial charge >= 0.3 is 0 Å². The van der Waals surface area contributed by atoms with Crippen molar-refractivity contribution in [3.05, 3.63) is 23.2 Å². The molecule has 6 heteroatoms. The van der Waals surface area contributed by atoms with E-state index in [9.17, 15) is 9.59 Å². The average Bonchev–Trinajstić information content (AvgIpc) is 2.41. The molecule has 0 aliphatic carbocycles. The molecule has 0 radical (unpaired) electrons. The molecule has 0 fully saturated rings. The Hall–Kier alpha value is -1.75. The molecule has 1 aromatic carbocycles. The van der Waals surface area contributed by atoms with Crippen molar-refractivity contribution in [3.63, 3.8) is 0 Å². The molecule has 0 saturated carbocycles. The SMILES string of the molecule is CNC(=O)CCCN1C(=O)COc2ccc(Cl)cc21. The van der Waals surface area contributed by atoms with Gasteiger partial charge in [0.2, 0.25) is 5.91 Å². The third-order valence-corrected chi connectivity index (χ3v) is 3.16. The predicted molar refractivity (Wildman–Crippen MR) is 72.6 cm³/mol. The molecule has 5 nitrogen and oxygen atoms in total. The number of amides is 2. The normalized spacial score (nSPS) is 13.8. The lowest BCUT2D eigenvalue weighted by Gasteiger charge is -2.29. The van der Waals surface area contributed by atoms with Gasteiger partial charge in [-0.15, -0.1) is 0 Å². The zero-order chi connectivity index (χ0) is 13.8. The van der Waals surface area contributed by atoms with Crippen molar-refractivity contribution < 1.29 is 14.3 Å². The zero-order valence-corrected chi connectivity index (χ0v) is 11.4. The van der Waals surface area contributed by atoms with Gasteiger partial charge in [-0.2, -0.15) is 0 Å². The van der Waals surface area contributed by atoms with Gasteiger partial charge in [0.1, 0.15) is 5.75 Å². The monoisotopic (exact) mass is 282 g/mol. The number of anilines is 1. The van der Waals surface area contributed by atoms with Gasteiger partial charge < -0.3 is 15.0 Å². The van der Waals surface area contributed by atoms with Crippen LogP contribution in [0.4, 0.5) is 5.69 Å². The Morgan fingerprint density at radius 2 is 2.32 bits per heavy atom. The molecule has 102 valence electrons. The van der Waals surface area contributed by atoms with E-state index in [4.69, 9.17) is 16.3 Å². The molecule has 1 N–H and O–H groups in total. The number of halogens is 1. The number of nitrogens with zero attached hydrogens (tertiary/aromatic N) is 1. The first-order valence-electron chi connectivity index (χ1n) is 6.05. The molecule has 1 aromatic rings. The lowest BCUT2D eigenvalue weighted by molar-refractivity contribution is -0.122. The van der Waals surface area contributed by atoms with Gasteiger partial charge in [-0.3, -0.25) is 9.59 Å². The fourth-order valence-electron chi connectivity index (χ4n) is 1.94. The Morgan fingerprint density at radius 1 is 1.53 bits per heavy atom. The number of fused-ring (bicyclic) bond motifs is 1. The van der Waals surface area contributed by atoms with E-state index in [1.165, 1.54) is 0 Å². The Bertz CT molecular complexity index is 505. The summed E-state index contributed by atoms with van der Waals surface area (Å²) in [5.74, 6) is 0.489. The number of rotatable bonds is 4. The van der Waals surface area contributed by atoms with Crippen LogP contribution < -0.4 is 15.0 Å². The molecular weight excluding hydrogens is 268 g/mol. The van der Waals surface area contributed by atoms with E-state index in [-0.39, 0.29) is 18.4 Å². The van der Waals surface area contributed by atoms with Crippen molar-refractivity contribution in [2.75, 3.05) is 25.1 Å². The Balaban J connectivity index is 2.09. The van der Waals surface area contributed by atoms with Crippen LogP contribution >= 0.6 is 11.6 Å². The molecule has 0 spiro atoms. The predicted octanol–water partition coefficient (Wildman–Crippen LogP) is 1.59. The minimum absolute atomic E-state index is 0.0224. The fourth-order valence-corrected chi connectivity index (χ4v) is 2.11. The Labute approximate surface area is 116 Å². The Morgan fingerprint density at radius 3 is 3.05 bits per heavy atom. The minimum Gasteiger partial charge on any atom is -0.482 e. The molecule has 0 saturated heterocycles. The van der Waals surface area contributed by atoms with E-state index in [0.717, 1.165) is 0 Å². The van der Waals surface area contributed by atoms with Crippen molar-refractivity contribution in [1.82, 2.24) is 5.32 Å². The van der Waals surface area contributed by atoms with Crippen molar-refractivity contribution >= 4 is 29.1 Å². The summed E-state index contributed by atoms with van der Waals surface area (Å²) in [5.41, 5.74) is 0.667. The van der Waals surface area contributed by atoms with Gasteiger partial charge in [0.05, 0.1) is 5.69 Å². The first-order chi connectivity index (χ1) is 9.11. The number of carbonyl (C=O) groups excluding carboxylic acids is 2. The van der Waals surface area contributed by atoms with Gasteiger partial charge in [0.25, 0.3) is 5.91 Å². The van der Waals surface area contributed by atoms with Crippen LogP contribution in [-0.2, 0) is 9.59 Å². The lowest BCUT2D eigenvalue weighted by Crippen LogP contribution is -2.39. The van der Waals surface area contributed by atoms with Crippen LogP contribution in [0.5, 0.6) is 5.75 Å². The summed E-state index contributed by atoms with van der Waals surface area (Å²) in [5, 5.41) is 3.10. The summed E-state index contributed by atoms with van der Waals surface area (Å²) in [6.07, 6.45) is 0.981. The number of hydrogen-bond acceptors (Lipinski definition) is 3. The van der Waals surface area contributed by atoms with Crippen molar-refractivity contribution in [2.45, 2.75) is 12.8 Å². The van der Waals surface area contributed by atoms with E-state index >= 15 is 0 Å². The minimum atomic E-state index is -0.119. The molecule has 0 bridgehead atoms. The molecule has 0 aromatic heterocycles. The summed E-state index contributed by atoms with van der Waals surface area (Å²) in [7, 11) is 1.59. The highest BCUT2D eigenvalue weighted by atomic mass is 35.5. The number of carbonyl (C=O) groups is 2. The third-order valence-electron chi connectivity index (χ3n) is 2.93. The highest BCUT2D eigenvalue weighted by Crippen LogP contribution is 2.34. The van der Waals surface area contributed by atoms with Crippen molar-refractivity contribution in [1.29, 1.82) is 0 Å². The second-order valence-electron chi connectivity index (χ2n) is 4.22. The Kier molecular flexibility index (Phi) is 4.27. The van der Waals surface area contributed by atoms with Crippen LogP contribution in [0.3, 0.4) is 0 Å². The molecule has 2 rings (SSSR count). The maximum Gasteiger partial charge on any atom is 0.265 e. The molecule has 0 atom stereocenters. The number of benzene rings is 1. The lowest BCUT2D eigenvalue weighted by atomic mass is 10.2. The number of hydrogen-bond donors (Lipinski definition) is 1. The van der Waals surface area contributed by atoms with Gasteiger partial charge in [-0.1, -0.05) is 11.6 Å². The standard InChI is InChI=1S/C13H15ClN2O3/c1-15-12(17)3-2-6-16-10-7-9(14)4-5-11(10)19-8-13(16)18/h4-5,7H,2-3,6,8H2,1H3,(H,15,17). The topological polar surface area (TPSA) is 58.6 Å². The van der Waals surface area contributed by atoms with Crippen LogP contribution in [0, 0.1) is 0 Å². The molecule has 19 heavy (non-hydrogen) atoms. The van der Waals surface area contributed by atoms with Gasteiger partial charge in [0.15, 0.2) is 6.61 Å². The smallest absolute Gasteiger partial charge is 0.265 e. The van der Waals surface area contributed by atoms with Crippen LogP contribution in [-0.4, -0.2) is 32.0 Å². The molecule has 1 aliphatic heterocycles. The second-order valence-corrected chi connectivity index (χ2v) is 4.66. The van der Waals surface area contributed by atoms with E-state index in [2.05, 4.69) is 5.32 Å². The fraction of sp³-hybridized carbons (Fsp3) is 0.385. The van der Waals surface area contributed by atoms with Gasteiger partial charge in [-0.05, 0) is 24.6 Å². The van der Waals surface area contributed by atoms with E-state index in [1.807, 2.05) is 0 Å². The molecule has 1 aliphatic rings. The highest BCUT2D eigenvalue weighted by molar-refractivity contribution is 6.31. The molecule has 0 unspecified atom stereocenters. The highest BCUT2D eigenvalue weighted by Gasteiger charge is 2.25. The summed E-state index contributed by atoms with van der Waals surface area (Å²) in [6.45, 7) is 0.498. The first kappa shape index (κ1) is 13.7. The molecule has 2 amide bonds. The van der Waals surface area contributed by atoms with Crippen LogP contribution in [0.2, 0.25) is 5.02 Å². The average molecular weight is 283 g/mol. The van der Waals surface area contributed by atoms with Crippen LogP contribution in [0.15, 0.2) is 18.2 Å². The summed E-state index contributed by atoms with van der Waals surface area (Å²) < 4.78 is 5.34. The van der Waals surface area contributed by atoms with Gasteiger partial charge in [-0.25, -0.2) is 0 Å². The summed E-state index contributed by atoms with van der Waals surface area (Å²) in [6, 6.07) is 5.17. The van der Waals surface area contributed by atoms with Crippen molar-refractivity contribution in [2.24, 2.45) is 0 Å². The summed E-state index contributed by atoms with van der Waals surface area (Å²) >= 11 is 5.94. The maximum atomic E-state index is 11.9. The second kappa shape index (κ2) is 5.93. The van der Waals surface area contributed by atoms with E-state index in [0.29, 0.717) is 35.8 Å².